The minimum Gasteiger partial charge on any atom is -0.491 e. The van der Waals surface area contributed by atoms with Crippen molar-refractivity contribution in [2.45, 2.75) is 71.5 Å². The molecule has 10 heteroatoms. The zero-order valence-corrected chi connectivity index (χ0v) is 22.6. The fraction of sp³-hybridized carbons (Fsp3) is 0.630. The van der Waals surface area contributed by atoms with Gasteiger partial charge in [0.25, 0.3) is 5.91 Å². The Hall–Kier alpha value is -3.14. The summed E-state index contributed by atoms with van der Waals surface area (Å²) in [5.41, 5.74) is 0.240. The molecule has 37 heavy (non-hydrogen) atoms. The average molecular weight is 519 g/mol. The van der Waals surface area contributed by atoms with E-state index in [1.807, 2.05) is 27.7 Å². The molecule has 206 valence electrons. The Labute approximate surface area is 219 Å². The topological polar surface area (TPSA) is 135 Å². The maximum Gasteiger partial charge on any atom is 0.255 e. The molecule has 1 aliphatic heterocycles. The van der Waals surface area contributed by atoms with Gasteiger partial charge in [-0.3, -0.25) is 19.2 Å². The predicted molar refractivity (Wildman–Crippen MR) is 140 cm³/mol. The third-order valence-corrected chi connectivity index (χ3v) is 6.32. The van der Waals surface area contributed by atoms with E-state index in [0.717, 1.165) is 0 Å². The summed E-state index contributed by atoms with van der Waals surface area (Å²) in [6.45, 7) is 8.87. The Balaban J connectivity index is 2.39. The minimum atomic E-state index is -1.14. The molecule has 4 atom stereocenters. The molecule has 0 unspecified atom stereocenters. The van der Waals surface area contributed by atoms with Crippen LogP contribution in [-0.2, 0) is 19.1 Å². The summed E-state index contributed by atoms with van der Waals surface area (Å²) < 4.78 is 11.0. The molecule has 0 fully saturated rings. The van der Waals surface area contributed by atoms with E-state index >= 15 is 0 Å². The van der Waals surface area contributed by atoms with Crippen LogP contribution in [0.25, 0.3) is 0 Å². The smallest absolute Gasteiger partial charge is 0.255 e. The maximum absolute atomic E-state index is 13.3. The van der Waals surface area contributed by atoms with Crippen LogP contribution in [0.5, 0.6) is 5.75 Å². The van der Waals surface area contributed by atoms with Gasteiger partial charge in [0.15, 0.2) is 0 Å². The zero-order valence-electron chi connectivity index (χ0n) is 22.6. The fourth-order valence-corrected chi connectivity index (χ4v) is 4.12. The van der Waals surface area contributed by atoms with Crippen molar-refractivity contribution in [1.29, 1.82) is 0 Å². The first-order valence-electron chi connectivity index (χ1n) is 13.0. The van der Waals surface area contributed by atoms with Crippen molar-refractivity contribution in [1.82, 2.24) is 21.3 Å². The van der Waals surface area contributed by atoms with Gasteiger partial charge in [0, 0.05) is 20.3 Å². The number of methoxy groups -OCH3 is 1. The zero-order chi connectivity index (χ0) is 27.4. The lowest BCUT2D eigenvalue weighted by molar-refractivity contribution is -0.132. The van der Waals surface area contributed by atoms with Gasteiger partial charge in [-0.05, 0) is 36.8 Å². The second-order valence-corrected chi connectivity index (χ2v) is 9.94. The monoisotopic (exact) mass is 518 g/mol. The van der Waals surface area contributed by atoms with Crippen LogP contribution in [0.2, 0.25) is 0 Å². The number of carbonyl (C=O) groups is 4. The first kappa shape index (κ1) is 30.1. The van der Waals surface area contributed by atoms with E-state index in [1.54, 1.807) is 31.4 Å². The van der Waals surface area contributed by atoms with Gasteiger partial charge in [0.2, 0.25) is 17.7 Å². The first-order valence-corrected chi connectivity index (χ1v) is 13.0. The van der Waals surface area contributed by atoms with Crippen LogP contribution < -0.4 is 26.0 Å². The number of para-hydroxylation sites is 1. The quantitative estimate of drug-likeness (QED) is 0.368. The van der Waals surface area contributed by atoms with E-state index in [4.69, 9.17) is 9.47 Å². The Kier molecular flexibility index (Phi) is 12.4. The molecular formula is C27H42N4O6. The highest BCUT2D eigenvalue weighted by atomic mass is 16.5. The lowest BCUT2D eigenvalue weighted by Crippen LogP contribution is -2.56. The van der Waals surface area contributed by atoms with Crippen LogP contribution in [0.3, 0.4) is 0 Å². The summed E-state index contributed by atoms with van der Waals surface area (Å²) in [7, 11) is 1.57. The average Bonchev–Trinajstić information content (AvgIpc) is 2.86. The van der Waals surface area contributed by atoms with Crippen molar-refractivity contribution in [2.24, 2.45) is 11.8 Å². The number of rotatable bonds is 9. The molecule has 4 amide bonds. The van der Waals surface area contributed by atoms with Crippen molar-refractivity contribution in [3.8, 4) is 5.75 Å². The molecule has 0 saturated carbocycles. The van der Waals surface area contributed by atoms with Gasteiger partial charge < -0.3 is 30.7 Å². The van der Waals surface area contributed by atoms with Crippen LogP contribution in [0.15, 0.2) is 24.3 Å². The normalized spacial score (nSPS) is 22.0. The molecule has 0 spiro atoms. The number of carbonyl (C=O) groups excluding carboxylic acids is 4. The van der Waals surface area contributed by atoms with Gasteiger partial charge >= 0.3 is 0 Å². The highest BCUT2D eigenvalue weighted by Gasteiger charge is 2.31. The van der Waals surface area contributed by atoms with Gasteiger partial charge in [0.1, 0.15) is 24.4 Å². The van der Waals surface area contributed by atoms with Crippen molar-refractivity contribution in [3.63, 3.8) is 0 Å². The van der Waals surface area contributed by atoms with E-state index in [0.29, 0.717) is 38.2 Å². The Morgan fingerprint density at radius 2 is 1.86 bits per heavy atom. The SMILES string of the molecule is CC[C@H](C)[C@@H]1NC(=O)C[C@@H](C(=O)NCCCOC)NC(=O)c2ccccc2OC[C@@H](CC(C)C)NC1=O. The van der Waals surface area contributed by atoms with Crippen molar-refractivity contribution in [2.75, 3.05) is 26.9 Å². The second kappa shape index (κ2) is 15.2. The summed E-state index contributed by atoms with van der Waals surface area (Å²) in [4.78, 5) is 52.5. The first-order chi connectivity index (χ1) is 17.7. The number of benzene rings is 1. The fourth-order valence-electron chi connectivity index (χ4n) is 4.12. The molecule has 2 rings (SSSR count). The molecule has 0 aliphatic carbocycles. The van der Waals surface area contributed by atoms with Gasteiger partial charge in [0.05, 0.1) is 18.0 Å². The van der Waals surface area contributed by atoms with E-state index in [-0.39, 0.29) is 42.4 Å². The number of amides is 4. The molecule has 0 radical (unpaired) electrons. The Morgan fingerprint density at radius 3 is 2.54 bits per heavy atom. The van der Waals surface area contributed by atoms with Crippen LogP contribution in [-0.4, -0.2) is 68.6 Å². The maximum atomic E-state index is 13.3. The van der Waals surface area contributed by atoms with Crippen LogP contribution >= 0.6 is 0 Å². The van der Waals surface area contributed by atoms with E-state index in [2.05, 4.69) is 21.3 Å². The van der Waals surface area contributed by atoms with Crippen molar-refractivity contribution >= 4 is 23.6 Å². The Morgan fingerprint density at radius 1 is 1.14 bits per heavy atom. The van der Waals surface area contributed by atoms with Gasteiger partial charge in [-0.1, -0.05) is 46.2 Å². The molecule has 10 nitrogen and oxygen atoms in total. The summed E-state index contributed by atoms with van der Waals surface area (Å²) in [5, 5.41) is 11.3. The van der Waals surface area contributed by atoms with Crippen molar-refractivity contribution in [3.05, 3.63) is 29.8 Å². The third kappa shape index (κ3) is 9.68. The summed E-state index contributed by atoms with van der Waals surface area (Å²) >= 11 is 0. The van der Waals surface area contributed by atoms with E-state index in [1.165, 1.54) is 0 Å². The van der Waals surface area contributed by atoms with E-state index in [9.17, 15) is 19.2 Å². The molecular weight excluding hydrogens is 476 g/mol. The highest BCUT2D eigenvalue weighted by Crippen LogP contribution is 2.20. The largest absolute Gasteiger partial charge is 0.491 e. The third-order valence-electron chi connectivity index (χ3n) is 6.32. The van der Waals surface area contributed by atoms with Crippen LogP contribution in [0, 0.1) is 11.8 Å². The molecule has 1 aliphatic rings. The number of nitrogens with one attached hydrogen (secondary N) is 4. The lowest BCUT2D eigenvalue weighted by Gasteiger charge is -2.29. The van der Waals surface area contributed by atoms with E-state index < -0.39 is 29.8 Å². The van der Waals surface area contributed by atoms with Gasteiger partial charge in [-0.2, -0.15) is 0 Å². The van der Waals surface area contributed by atoms with Crippen LogP contribution in [0.1, 0.15) is 63.7 Å². The van der Waals surface area contributed by atoms with Crippen LogP contribution in [0.4, 0.5) is 0 Å². The Bertz CT molecular complexity index is 922. The van der Waals surface area contributed by atoms with Crippen molar-refractivity contribution < 1.29 is 28.7 Å². The summed E-state index contributed by atoms with van der Waals surface area (Å²) in [5.74, 6) is -1.35. The number of ether oxygens (including phenoxy) is 2. The van der Waals surface area contributed by atoms with Gasteiger partial charge in [-0.15, -0.1) is 0 Å². The summed E-state index contributed by atoms with van der Waals surface area (Å²) in [6.07, 6.45) is 1.59. The number of hydrogen-bond acceptors (Lipinski definition) is 6. The standard InChI is InChI=1S/C27H42N4O6/c1-6-18(4)24-27(35)29-19(14-17(2)3)16-37-22-11-8-7-10-20(22)25(33)30-21(15-23(32)31-24)26(34)28-12-9-13-36-5/h7-8,10-11,17-19,21,24H,6,9,12-16H2,1-5H3,(H,28,34)(H,29,35)(H,30,33)(H,31,32)/t18-,19+,21-,24-/m0/s1. The van der Waals surface area contributed by atoms with Gasteiger partial charge in [-0.25, -0.2) is 0 Å². The number of hydrogen-bond donors (Lipinski definition) is 4. The molecule has 1 aromatic carbocycles. The molecule has 1 heterocycles. The minimum absolute atomic E-state index is 0.144. The lowest BCUT2D eigenvalue weighted by atomic mass is 9.96. The molecule has 0 bridgehead atoms. The highest BCUT2D eigenvalue weighted by molar-refractivity contribution is 6.01. The number of fused-ring (bicyclic) bond motifs is 1. The molecule has 4 N–H and O–H groups in total. The predicted octanol–water partition coefficient (Wildman–Crippen LogP) is 1.78. The molecule has 1 aromatic rings. The molecule has 0 aromatic heterocycles. The second-order valence-electron chi connectivity index (χ2n) is 9.94. The summed E-state index contributed by atoms with van der Waals surface area (Å²) in [6, 6.07) is 4.46. The molecule has 0 saturated heterocycles.